The molecule has 1 heterocycles. The summed E-state index contributed by atoms with van der Waals surface area (Å²) in [6.45, 7) is 4.99. The molecule has 0 fully saturated rings. The second kappa shape index (κ2) is 6.73. The highest BCUT2D eigenvalue weighted by Gasteiger charge is 2.09. The second-order valence-electron chi connectivity index (χ2n) is 4.67. The van der Waals surface area contributed by atoms with Crippen LogP contribution in [0.5, 0.6) is 0 Å². The zero-order chi connectivity index (χ0) is 13.7. The topological polar surface area (TPSA) is 51.0 Å². The number of rotatable bonds is 6. The first-order chi connectivity index (χ1) is 9.19. The van der Waals surface area contributed by atoms with Crippen molar-refractivity contribution < 1.29 is 4.52 Å². The zero-order valence-electron chi connectivity index (χ0n) is 11.5. The van der Waals surface area contributed by atoms with Crippen molar-refractivity contribution in [2.75, 3.05) is 7.05 Å². The molecule has 2 aromatic rings. The Balaban J connectivity index is 1.90. The quantitative estimate of drug-likeness (QED) is 0.822. The van der Waals surface area contributed by atoms with Gasteiger partial charge in [-0.05, 0) is 24.7 Å². The number of benzene rings is 1. The molecule has 0 unspecified atom stereocenters. The number of thioether (sulfide) groups is 1. The van der Waals surface area contributed by atoms with Crippen LogP contribution in [0.1, 0.15) is 37.0 Å². The minimum absolute atomic E-state index is 0.284. The Hall–Kier alpha value is -1.33. The van der Waals surface area contributed by atoms with Gasteiger partial charge >= 0.3 is 0 Å². The Labute approximate surface area is 118 Å². The van der Waals surface area contributed by atoms with E-state index in [4.69, 9.17) is 4.52 Å². The van der Waals surface area contributed by atoms with Gasteiger partial charge in [0.1, 0.15) is 0 Å². The third kappa shape index (κ3) is 4.08. The van der Waals surface area contributed by atoms with Crippen LogP contribution in [0.2, 0.25) is 0 Å². The van der Waals surface area contributed by atoms with Crippen molar-refractivity contribution in [2.24, 2.45) is 0 Å². The molecule has 0 bridgehead atoms. The molecule has 0 saturated carbocycles. The van der Waals surface area contributed by atoms with Crippen LogP contribution in [0, 0.1) is 0 Å². The maximum absolute atomic E-state index is 5.18. The Morgan fingerprint density at radius 3 is 2.58 bits per heavy atom. The molecule has 1 aromatic heterocycles. The van der Waals surface area contributed by atoms with Gasteiger partial charge < -0.3 is 9.84 Å². The Morgan fingerprint density at radius 1 is 1.26 bits per heavy atom. The Morgan fingerprint density at radius 2 is 2.00 bits per heavy atom. The predicted molar refractivity (Wildman–Crippen MR) is 77.2 cm³/mol. The normalized spacial score (nSPS) is 11.2. The van der Waals surface area contributed by atoms with Crippen molar-refractivity contribution in [2.45, 2.75) is 37.0 Å². The summed E-state index contributed by atoms with van der Waals surface area (Å²) < 4.78 is 5.18. The van der Waals surface area contributed by atoms with E-state index >= 15 is 0 Å². The van der Waals surface area contributed by atoms with Crippen LogP contribution in [-0.4, -0.2) is 17.2 Å². The van der Waals surface area contributed by atoms with Gasteiger partial charge in [0.2, 0.25) is 5.89 Å². The molecular formula is C14H19N3OS. The van der Waals surface area contributed by atoms with Crippen molar-refractivity contribution in [3.8, 4) is 0 Å². The molecule has 0 amide bonds. The van der Waals surface area contributed by atoms with Crippen LogP contribution in [0.4, 0.5) is 0 Å². The summed E-state index contributed by atoms with van der Waals surface area (Å²) in [5.74, 6) is 2.49. The van der Waals surface area contributed by atoms with Gasteiger partial charge in [0.15, 0.2) is 5.82 Å². The molecule has 0 spiro atoms. The van der Waals surface area contributed by atoms with Gasteiger partial charge in [0, 0.05) is 17.4 Å². The monoisotopic (exact) mass is 277 g/mol. The van der Waals surface area contributed by atoms with Gasteiger partial charge in [0.05, 0.1) is 5.75 Å². The fraction of sp³-hybridized carbons (Fsp3) is 0.429. The molecule has 0 saturated heterocycles. The number of aromatic nitrogens is 2. The summed E-state index contributed by atoms with van der Waals surface area (Å²) in [5.41, 5.74) is 1.29. The minimum Gasteiger partial charge on any atom is -0.339 e. The van der Waals surface area contributed by atoms with Crippen molar-refractivity contribution in [3.05, 3.63) is 41.5 Å². The van der Waals surface area contributed by atoms with Gasteiger partial charge in [0.25, 0.3) is 0 Å². The lowest BCUT2D eigenvalue weighted by atomic mass is 10.2. The molecule has 0 aliphatic rings. The molecule has 2 rings (SSSR count). The maximum Gasteiger partial charge on any atom is 0.229 e. The van der Waals surface area contributed by atoms with Crippen LogP contribution in [0.3, 0.4) is 0 Å². The van der Waals surface area contributed by atoms with Crippen molar-refractivity contribution in [1.29, 1.82) is 0 Å². The van der Waals surface area contributed by atoms with Crippen LogP contribution < -0.4 is 5.32 Å². The average molecular weight is 277 g/mol. The van der Waals surface area contributed by atoms with Gasteiger partial charge in [-0.15, -0.1) is 11.8 Å². The van der Waals surface area contributed by atoms with Gasteiger partial charge in [-0.25, -0.2) is 0 Å². The third-order valence-corrected chi connectivity index (χ3v) is 3.66. The SMILES string of the molecule is CNCc1ccc(SCc2noc(C(C)C)n2)cc1. The van der Waals surface area contributed by atoms with E-state index in [0.717, 1.165) is 18.1 Å². The molecule has 5 heteroatoms. The van der Waals surface area contributed by atoms with Gasteiger partial charge in [-0.3, -0.25) is 0 Å². The van der Waals surface area contributed by atoms with Crippen LogP contribution in [0.15, 0.2) is 33.7 Å². The minimum atomic E-state index is 0.284. The van der Waals surface area contributed by atoms with E-state index in [2.05, 4.69) is 39.7 Å². The summed E-state index contributed by atoms with van der Waals surface area (Å²) in [4.78, 5) is 5.58. The zero-order valence-corrected chi connectivity index (χ0v) is 12.3. The molecule has 0 aliphatic heterocycles. The molecule has 0 aliphatic carbocycles. The van der Waals surface area contributed by atoms with Crippen LogP contribution in [0.25, 0.3) is 0 Å². The summed E-state index contributed by atoms with van der Waals surface area (Å²) >= 11 is 1.72. The van der Waals surface area contributed by atoms with Crippen molar-refractivity contribution in [3.63, 3.8) is 0 Å². The first kappa shape index (κ1) is 14.1. The fourth-order valence-corrected chi connectivity index (χ4v) is 2.36. The lowest BCUT2D eigenvalue weighted by Gasteiger charge is -2.02. The molecule has 1 aromatic carbocycles. The predicted octanol–water partition coefficient (Wildman–Crippen LogP) is 3.20. The molecule has 0 radical (unpaired) electrons. The van der Waals surface area contributed by atoms with Gasteiger partial charge in [-0.2, -0.15) is 4.98 Å². The molecule has 102 valence electrons. The molecule has 0 atom stereocenters. The molecule has 1 N–H and O–H groups in total. The second-order valence-corrected chi connectivity index (χ2v) is 5.72. The van der Waals surface area contributed by atoms with E-state index in [-0.39, 0.29) is 5.92 Å². The van der Waals surface area contributed by atoms with E-state index in [1.807, 2.05) is 20.9 Å². The summed E-state index contributed by atoms with van der Waals surface area (Å²) in [6.07, 6.45) is 0. The van der Waals surface area contributed by atoms with E-state index in [0.29, 0.717) is 5.89 Å². The van der Waals surface area contributed by atoms with Gasteiger partial charge in [-0.1, -0.05) is 31.1 Å². The van der Waals surface area contributed by atoms with E-state index in [9.17, 15) is 0 Å². The molecule has 19 heavy (non-hydrogen) atoms. The number of hydrogen-bond acceptors (Lipinski definition) is 5. The molecular weight excluding hydrogens is 258 g/mol. The standard InChI is InChI=1S/C14H19N3OS/c1-10(2)14-16-13(17-18-14)9-19-12-6-4-11(5-7-12)8-15-3/h4-7,10,15H,8-9H2,1-3H3. The van der Waals surface area contributed by atoms with E-state index in [1.165, 1.54) is 10.5 Å². The lowest BCUT2D eigenvalue weighted by molar-refractivity contribution is 0.362. The van der Waals surface area contributed by atoms with E-state index < -0.39 is 0 Å². The summed E-state index contributed by atoms with van der Waals surface area (Å²) in [7, 11) is 1.95. The highest BCUT2D eigenvalue weighted by atomic mass is 32.2. The highest BCUT2D eigenvalue weighted by molar-refractivity contribution is 7.98. The van der Waals surface area contributed by atoms with Crippen molar-refractivity contribution >= 4 is 11.8 Å². The van der Waals surface area contributed by atoms with Crippen molar-refractivity contribution in [1.82, 2.24) is 15.5 Å². The first-order valence-corrected chi connectivity index (χ1v) is 7.36. The van der Waals surface area contributed by atoms with E-state index in [1.54, 1.807) is 11.8 Å². The maximum atomic E-state index is 5.18. The molecule has 4 nitrogen and oxygen atoms in total. The number of nitrogens with one attached hydrogen (secondary N) is 1. The van der Waals surface area contributed by atoms with Crippen LogP contribution in [-0.2, 0) is 12.3 Å². The summed E-state index contributed by atoms with van der Waals surface area (Å²) in [5, 5.41) is 7.12. The number of hydrogen-bond donors (Lipinski definition) is 1. The smallest absolute Gasteiger partial charge is 0.229 e. The first-order valence-electron chi connectivity index (χ1n) is 6.38. The largest absolute Gasteiger partial charge is 0.339 e. The third-order valence-electron chi connectivity index (χ3n) is 2.65. The lowest BCUT2D eigenvalue weighted by Crippen LogP contribution is -2.04. The number of nitrogens with zero attached hydrogens (tertiary/aromatic N) is 2. The average Bonchev–Trinajstić information content (AvgIpc) is 2.87. The Bertz CT molecular complexity index is 508. The Kier molecular flexibility index (Phi) is 4.99. The highest BCUT2D eigenvalue weighted by Crippen LogP contribution is 2.22. The summed E-state index contributed by atoms with van der Waals surface area (Å²) in [6, 6.07) is 8.52. The fourth-order valence-electron chi connectivity index (χ4n) is 1.62. The van der Waals surface area contributed by atoms with Crippen LogP contribution >= 0.6 is 11.8 Å².